The molecule has 6 heteroatoms. The first-order valence-electron chi connectivity index (χ1n) is 4.73. The molecule has 4 N–H and O–H groups in total. The van der Waals surface area contributed by atoms with Crippen LogP contribution in [0.4, 0.5) is 0 Å². The lowest BCUT2D eigenvalue weighted by Crippen LogP contribution is -2.28. The minimum absolute atomic E-state index is 0. The number of primary sulfonamides is 1. The van der Waals surface area contributed by atoms with Crippen LogP contribution in [-0.4, -0.2) is 20.2 Å². The van der Waals surface area contributed by atoms with E-state index in [9.17, 15) is 8.42 Å². The molecule has 4 nitrogen and oxygen atoms in total. The Hall–Kier alpha value is 0.160. The van der Waals surface area contributed by atoms with Crippen LogP contribution in [0.25, 0.3) is 0 Å². The molecule has 0 atom stereocenters. The zero-order valence-corrected chi connectivity index (χ0v) is 9.82. The molecule has 1 aliphatic rings. The van der Waals surface area contributed by atoms with Gasteiger partial charge in [-0.25, -0.2) is 13.6 Å². The molecule has 0 radical (unpaired) electrons. The highest BCUT2D eigenvalue weighted by Crippen LogP contribution is 2.25. The van der Waals surface area contributed by atoms with Gasteiger partial charge in [-0.3, -0.25) is 0 Å². The van der Waals surface area contributed by atoms with Gasteiger partial charge in [-0.15, -0.1) is 12.4 Å². The molecule has 0 heterocycles. The van der Waals surface area contributed by atoms with Gasteiger partial charge in [0.1, 0.15) is 0 Å². The van der Waals surface area contributed by atoms with E-state index in [2.05, 4.69) is 0 Å². The Balaban J connectivity index is 0.00000169. The van der Waals surface area contributed by atoms with Crippen LogP contribution in [-0.2, 0) is 10.0 Å². The first-order valence-corrected chi connectivity index (χ1v) is 6.45. The normalized spacial score (nSPS) is 28.1. The molecule has 1 saturated carbocycles. The van der Waals surface area contributed by atoms with Crippen molar-refractivity contribution in [2.75, 3.05) is 5.75 Å². The van der Waals surface area contributed by atoms with Crippen LogP contribution < -0.4 is 10.9 Å². The quantitative estimate of drug-likeness (QED) is 0.760. The first kappa shape index (κ1) is 14.2. The number of sulfonamides is 1. The highest BCUT2D eigenvalue weighted by molar-refractivity contribution is 7.89. The number of hydrogen-bond acceptors (Lipinski definition) is 3. The summed E-state index contributed by atoms with van der Waals surface area (Å²) in [6, 6.07) is 0.325. The van der Waals surface area contributed by atoms with Crippen molar-refractivity contribution < 1.29 is 8.42 Å². The molecule has 0 aromatic rings. The Morgan fingerprint density at radius 1 is 1.14 bits per heavy atom. The Morgan fingerprint density at radius 3 is 2.07 bits per heavy atom. The maximum Gasteiger partial charge on any atom is 0.209 e. The van der Waals surface area contributed by atoms with E-state index in [4.69, 9.17) is 10.9 Å². The highest BCUT2D eigenvalue weighted by Gasteiger charge is 2.19. The monoisotopic (exact) mass is 242 g/mol. The van der Waals surface area contributed by atoms with Gasteiger partial charge in [0, 0.05) is 6.04 Å². The van der Waals surface area contributed by atoms with E-state index in [-0.39, 0.29) is 18.2 Å². The molecular formula is C8H19ClN2O2S. The summed E-state index contributed by atoms with van der Waals surface area (Å²) in [5, 5.41) is 4.93. The molecule has 0 aromatic heterocycles. The van der Waals surface area contributed by atoms with E-state index in [0.717, 1.165) is 25.7 Å². The van der Waals surface area contributed by atoms with Crippen molar-refractivity contribution in [3.8, 4) is 0 Å². The van der Waals surface area contributed by atoms with Crippen molar-refractivity contribution in [1.82, 2.24) is 0 Å². The van der Waals surface area contributed by atoms with Crippen LogP contribution in [0.5, 0.6) is 0 Å². The lowest BCUT2D eigenvalue weighted by Gasteiger charge is -2.25. The van der Waals surface area contributed by atoms with Gasteiger partial charge in [0.2, 0.25) is 10.0 Å². The molecule has 14 heavy (non-hydrogen) atoms. The van der Waals surface area contributed by atoms with Gasteiger partial charge in [0.05, 0.1) is 5.75 Å². The summed E-state index contributed by atoms with van der Waals surface area (Å²) in [4.78, 5) is 0. The maximum absolute atomic E-state index is 10.7. The molecule has 1 fully saturated rings. The van der Waals surface area contributed by atoms with Crippen LogP contribution in [0.3, 0.4) is 0 Å². The van der Waals surface area contributed by atoms with E-state index in [1.54, 1.807) is 0 Å². The predicted molar refractivity (Wildman–Crippen MR) is 59.8 cm³/mol. The summed E-state index contributed by atoms with van der Waals surface area (Å²) in [6.45, 7) is 0. The van der Waals surface area contributed by atoms with Crippen LogP contribution in [0.2, 0.25) is 0 Å². The summed E-state index contributed by atoms with van der Waals surface area (Å²) in [6.07, 6.45) is 4.85. The largest absolute Gasteiger partial charge is 0.328 e. The van der Waals surface area contributed by atoms with Crippen LogP contribution in [0, 0.1) is 5.92 Å². The third-order valence-electron chi connectivity index (χ3n) is 2.70. The Bertz CT molecular complexity index is 248. The third kappa shape index (κ3) is 5.80. The summed E-state index contributed by atoms with van der Waals surface area (Å²) >= 11 is 0. The van der Waals surface area contributed by atoms with Gasteiger partial charge >= 0.3 is 0 Å². The van der Waals surface area contributed by atoms with Crippen molar-refractivity contribution in [2.24, 2.45) is 16.8 Å². The molecule has 0 amide bonds. The van der Waals surface area contributed by atoms with Gasteiger partial charge in [0.25, 0.3) is 0 Å². The molecule has 0 saturated heterocycles. The van der Waals surface area contributed by atoms with Gasteiger partial charge in [0.15, 0.2) is 0 Å². The fourth-order valence-corrected chi connectivity index (χ4v) is 2.47. The van der Waals surface area contributed by atoms with Gasteiger partial charge in [-0.05, 0) is 38.0 Å². The highest BCUT2D eigenvalue weighted by atomic mass is 35.5. The summed E-state index contributed by atoms with van der Waals surface area (Å²) < 4.78 is 21.4. The fourth-order valence-electron chi connectivity index (χ4n) is 1.81. The average Bonchev–Trinajstić information content (AvgIpc) is 2.02. The molecule has 0 spiro atoms. The van der Waals surface area contributed by atoms with E-state index < -0.39 is 10.0 Å². The minimum atomic E-state index is -3.27. The van der Waals surface area contributed by atoms with Crippen molar-refractivity contribution in [1.29, 1.82) is 0 Å². The summed E-state index contributed by atoms with van der Waals surface area (Å²) in [7, 11) is -3.27. The van der Waals surface area contributed by atoms with Crippen molar-refractivity contribution in [3.63, 3.8) is 0 Å². The van der Waals surface area contributed by atoms with Crippen molar-refractivity contribution >= 4 is 22.4 Å². The van der Waals surface area contributed by atoms with Gasteiger partial charge in [-0.2, -0.15) is 0 Å². The lowest BCUT2D eigenvalue weighted by atomic mass is 9.85. The van der Waals surface area contributed by atoms with E-state index >= 15 is 0 Å². The maximum atomic E-state index is 10.7. The first-order chi connectivity index (χ1) is 5.97. The molecule has 1 rings (SSSR count). The fraction of sp³-hybridized carbons (Fsp3) is 1.00. The smallest absolute Gasteiger partial charge is 0.209 e. The number of rotatable bonds is 3. The van der Waals surface area contributed by atoms with E-state index in [1.807, 2.05) is 0 Å². The second-order valence-electron chi connectivity index (χ2n) is 3.94. The average molecular weight is 243 g/mol. The molecule has 0 bridgehead atoms. The Labute approximate surface area is 91.9 Å². The molecular weight excluding hydrogens is 224 g/mol. The molecule has 0 aromatic carbocycles. The Morgan fingerprint density at radius 2 is 1.64 bits per heavy atom. The number of halogens is 1. The van der Waals surface area contributed by atoms with Crippen LogP contribution in [0.1, 0.15) is 32.1 Å². The van der Waals surface area contributed by atoms with Crippen LogP contribution in [0.15, 0.2) is 0 Å². The number of hydrogen-bond donors (Lipinski definition) is 2. The van der Waals surface area contributed by atoms with E-state index in [1.165, 1.54) is 0 Å². The second-order valence-corrected chi connectivity index (χ2v) is 5.67. The zero-order chi connectivity index (χ0) is 9.90. The summed E-state index contributed by atoms with van der Waals surface area (Å²) in [5.74, 6) is 0.630. The Kier molecular flexibility index (Phi) is 5.97. The minimum Gasteiger partial charge on any atom is -0.328 e. The molecule has 86 valence electrons. The molecule has 0 aliphatic heterocycles. The standard InChI is InChI=1S/C8H18N2O2S.ClH/c9-8-3-1-7(2-4-8)5-6-13(10,11)12;/h7-8H,1-6,9H2,(H2,10,11,12);1H. The SMILES string of the molecule is Cl.NC1CCC(CCS(N)(=O)=O)CC1. The zero-order valence-electron chi connectivity index (χ0n) is 8.19. The van der Waals surface area contributed by atoms with Crippen LogP contribution >= 0.6 is 12.4 Å². The predicted octanol–water partition coefficient (Wildman–Crippen LogP) is 0.604. The lowest BCUT2D eigenvalue weighted by molar-refractivity contribution is 0.319. The summed E-state index contributed by atoms with van der Waals surface area (Å²) in [5.41, 5.74) is 5.74. The third-order valence-corrected chi connectivity index (χ3v) is 3.51. The van der Waals surface area contributed by atoms with E-state index in [0.29, 0.717) is 18.4 Å². The van der Waals surface area contributed by atoms with Crippen molar-refractivity contribution in [2.45, 2.75) is 38.1 Å². The van der Waals surface area contributed by atoms with Crippen molar-refractivity contribution in [3.05, 3.63) is 0 Å². The van der Waals surface area contributed by atoms with Gasteiger partial charge < -0.3 is 5.73 Å². The second kappa shape index (κ2) is 5.90. The topological polar surface area (TPSA) is 86.2 Å². The molecule has 1 aliphatic carbocycles. The molecule has 0 unspecified atom stereocenters. The number of nitrogens with two attached hydrogens (primary N) is 2. The van der Waals surface area contributed by atoms with Gasteiger partial charge in [-0.1, -0.05) is 0 Å².